The Bertz CT molecular complexity index is 654. The lowest BCUT2D eigenvalue weighted by Gasteiger charge is -2.34. The molecule has 0 spiro atoms. The molecule has 1 aliphatic rings. The molecule has 1 saturated heterocycles. The van der Waals surface area contributed by atoms with Crippen LogP contribution in [0.25, 0.3) is 0 Å². The van der Waals surface area contributed by atoms with Crippen molar-refractivity contribution in [2.45, 2.75) is 46.2 Å². The fraction of sp³-hybridized carbons (Fsp3) is 0.474. The molecule has 4 heteroatoms. The summed E-state index contributed by atoms with van der Waals surface area (Å²) in [5.74, 6) is 0.987. The second-order valence-corrected chi connectivity index (χ2v) is 6.61. The molecule has 1 fully saturated rings. The van der Waals surface area contributed by atoms with Gasteiger partial charge in [-0.05, 0) is 68.0 Å². The molecule has 3 rings (SSSR count). The van der Waals surface area contributed by atoms with E-state index in [4.69, 9.17) is 0 Å². The van der Waals surface area contributed by atoms with Crippen LogP contribution in [0.5, 0.6) is 0 Å². The summed E-state index contributed by atoms with van der Waals surface area (Å²) in [5.41, 5.74) is 5.53. The summed E-state index contributed by atoms with van der Waals surface area (Å²) in [6, 6.07) is 9.12. The number of benzene rings is 1. The van der Waals surface area contributed by atoms with Gasteiger partial charge < -0.3 is 10.2 Å². The molecule has 122 valence electrons. The van der Waals surface area contributed by atoms with Crippen LogP contribution in [0, 0.1) is 20.8 Å². The van der Waals surface area contributed by atoms with Gasteiger partial charge in [-0.1, -0.05) is 12.1 Å². The third-order valence-corrected chi connectivity index (χ3v) is 4.84. The number of hydrogen-bond donors (Lipinski definition) is 1. The normalized spacial score (nSPS) is 18.2. The van der Waals surface area contributed by atoms with Gasteiger partial charge in [-0.15, -0.1) is 5.10 Å². The largest absolute Gasteiger partial charge is 0.354 e. The lowest BCUT2D eigenvalue weighted by Crippen LogP contribution is -2.45. The number of nitrogens with one attached hydrogen (secondary N) is 1. The van der Waals surface area contributed by atoms with Crippen LogP contribution < -0.4 is 10.2 Å². The molecule has 23 heavy (non-hydrogen) atoms. The van der Waals surface area contributed by atoms with Crippen molar-refractivity contribution in [2.75, 3.05) is 18.0 Å². The van der Waals surface area contributed by atoms with Gasteiger partial charge in [0.25, 0.3) is 0 Å². The molecule has 1 aliphatic heterocycles. The Labute approximate surface area is 138 Å². The molecule has 4 nitrogen and oxygen atoms in total. The highest BCUT2D eigenvalue weighted by atomic mass is 15.3. The summed E-state index contributed by atoms with van der Waals surface area (Å²) in [6.45, 7) is 9.58. The minimum absolute atomic E-state index is 0.506. The molecule has 0 aliphatic carbocycles. The highest BCUT2D eigenvalue weighted by Crippen LogP contribution is 2.19. The van der Waals surface area contributed by atoms with E-state index in [-0.39, 0.29) is 0 Å². The van der Waals surface area contributed by atoms with Gasteiger partial charge in [0.15, 0.2) is 5.82 Å². The van der Waals surface area contributed by atoms with Gasteiger partial charge in [0.05, 0.1) is 0 Å². The summed E-state index contributed by atoms with van der Waals surface area (Å²) in [4.78, 5) is 2.33. The van der Waals surface area contributed by atoms with Gasteiger partial charge in [0, 0.05) is 31.9 Å². The van der Waals surface area contributed by atoms with Crippen molar-refractivity contribution >= 4 is 5.82 Å². The number of piperidine rings is 1. The Balaban J connectivity index is 1.61. The Hall–Kier alpha value is -1.94. The Morgan fingerprint density at radius 2 is 2.00 bits per heavy atom. The van der Waals surface area contributed by atoms with E-state index in [1.807, 2.05) is 12.1 Å². The van der Waals surface area contributed by atoms with Gasteiger partial charge in [0.1, 0.15) is 0 Å². The molecule has 0 radical (unpaired) electrons. The first-order valence-electron chi connectivity index (χ1n) is 8.46. The van der Waals surface area contributed by atoms with Crippen molar-refractivity contribution in [1.82, 2.24) is 15.5 Å². The van der Waals surface area contributed by atoms with Gasteiger partial charge in [-0.2, -0.15) is 5.10 Å². The molecule has 2 heterocycles. The Morgan fingerprint density at radius 1 is 1.17 bits per heavy atom. The first kappa shape index (κ1) is 15.9. The zero-order valence-electron chi connectivity index (χ0n) is 14.3. The molecule has 0 saturated carbocycles. The van der Waals surface area contributed by atoms with E-state index in [0.29, 0.717) is 6.04 Å². The average molecular weight is 310 g/mol. The van der Waals surface area contributed by atoms with Crippen LogP contribution in [0.4, 0.5) is 5.82 Å². The van der Waals surface area contributed by atoms with E-state index in [2.05, 4.69) is 53.3 Å². The van der Waals surface area contributed by atoms with Crippen LogP contribution >= 0.6 is 0 Å². The molecule has 0 amide bonds. The van der Waals surface area contributed by atoms with Crippen molar-refractivity contribution in [3.05, 3.63) is 52.7 Å². The average Bonchev–Trinajstić information content (AvgIpc) is 2.58. The molecule has 0 bridgehead atoms. The second-order valence-electron chi connectivity index (χ2n) is 6.61. The predicted molar refractivity (Wildman–Crippen MR) is 94.8 cm³/mol. The smallest absolute Gasteiger partial charge is 0.151 e. The maximum absolute atomic E-state index is 4.24. The van der Waals surface area contributed by atoms with E-state index >= 15 is 0 Å². The third-order valence-electron chi connectivity index (χ3n) is 4.84. The standard InChI is InChI=1S/C19H26N4/c1-14-10-16(3)17(11-15(14)2)12-20-18-6-5-9-23(13-18)19-7-4-8-21-22-19/h4,7-8,10-11,18,20H,5-6,9,12-13H2,1-3H3. The molecule has 1 N–H and O–H groups in total. The Morgan fingerprint density at radius 3 is 2.78 bits per heavy atom. The molecular formula is C19H26N4. The van der Waals surface area contributed by atoms with Crippen LogP contribution in [-0.4, -0.2) is 29.3 Å². The van der Waals surface area contributed by atoms with Gasteiger partial charge in [0.2, 0.25) is 0 Å². The number of anilines is 1. The molecule has 1 aromatic heterocycles. The summed E-state index contributed by atoms with van der Waals surface area (Å²) in [6.07, 6.45) is 4.15. The minimum atomic E-state index is 0.506. The van der Waals surface area contributed by atoms with Gasteiger partial charge in [-0.25, -0.2) is 0 Å². The quantitative estimate of drug-likeness (QED) is 0.942. The maximum atomic E-state index is 4.24. The SMILES string of the molecule is Cc1cc(C)c(CNC2CCCN(c3cccnn3)C2)cc1C. The third kappa shape index (κ3) is 3.88. The van der Waals surface area contributed by atoms with E-state index in [9.17, 15) is 0 Å². The highest BCUT2D eigenvalue weighted by molar-refractivity contribution is 5.38. The van der Waals surface area contributed by atoms with Crippen LogP contribution in [0.1, 0.15) is 35.1 Å². The number of aromatic nitrogens is 2. The van der Waals surface area contributed by atoms with E-state index in [1.165, 1.54) is 35.1 Å². The van der Waals surface area contributed by atoms with Crippen molar-refractivity contribution < 1.29 is 0 Å². The molecule has 1 atom stereocenters. The highest BCUT2D eigenvalue weighted by Gasteiger charge is 2.20. The first-order valence-corrected chi connectivity index (χ1v) is 8.46. The van der Waals surface area contributed by atoms with Crippen molar-refractivity contribution in [1.29, 1.82) is 0 Å². The van der Waals surface area contributed by atoms with E-state index in [1.54, 1.807) is 6.20 Å². The van der Waals surface area contributed by atoms with Crippen molar-refractivity contribution in [3.63, 3.8) is 0 Å². The van der Waals surface area contributed by atoms with Crippen molar-refractivity contribution in [3.8, 4) is 0 Å². The number of hydrogen-bond acceptors (Lipinski definition) is 4. The van der Waals surface area contributed by atoms with Crippen LogP contribution in [0.3, 0.4) is 0 Å². The van der Waals surface area contributed by atoms with Crippen LogP contribution in [0.15, 0.2) is 30.5 Å². The lowest BCUT2D eigenvalue weighted by molar-refractivity contribution is 0.419. The molecular weight excluding hydrogens is 284 g/mol. The van der Waals surface area contributed by atoms with Gasteiger partial charge in [-0.3, -0.25) is 0 Å². The zero-order chi connectivity index (χ0) is 16.2. The van der Waals surface area contributed by atoms with Crippen LogP contribution in [-0.2, 0) is 6.54 Å². The number of nitrogens with zero attached hydrogens (tertiary/aromatic N) is 3. The maximum Gasteiger partial charge on any atom is 0.151 e. The van der Waals surface area contributed by atoms with E-state index < -0.39 is 0 Å². The fourth-order valence-corrected chi connectivity index (χ4v) is 3.28. The summed E-state index contributed by atoms with van der Waals surface area (Å²) in [5, 5.41) is 12.0. The molecule has 2 aromatic rings. The predicted octanol–water partition coefficient (Wildman–Crippen LogP) is 3.16. The molecule has 1 aromatic carbocycles. The van der Waals surface area contributed by atoms with E-state index in [0.717, 1.165) is 25.5 Å². The summed E-state index contributed by atoms with van der Waals surface area (Å²) >= 11 is 0. The molecule has 1 unspecified atom stereocenters. The van der Waals surface area contributed by atoms with Gasteiger partial charge >= 0.3 is 0 Å². The minimum Gasteiger partial charge on any atom is -0.354 e. The fourth-order valence-electron chi connectivity index (χ4n) is 3.28. The zero-order valence-corrected chi connectivity index (χ0v) is 14.3. The monoisotopic (exact) mass is 310 g/mol. The number of rotatable bonds is 4. The van der Waals surface area contributed by atoms with Crippen LogP contribution in [0.2, 0.25) is 0 Å². The number of aryl methyl sites for hydroxylation is 3. The summed E-state index contributed by atoms with van der Waals surface area (Å²) in [7, 11) is 0. The topological polar surface area (TPSA) is 41.0 Å². The first-order chi connectivity index (χ1) is 11.1. The second kappa shape index (κ2) is 7.09. The lowest BCUT2D eigenvalue weighted by atomic mass is 10.00. The van der Waals surface area contributed by atoms with Crippen molar-refractivity contribution in [2.24, 2.45) is 0 Å². The summed E-state index contributed by atoms with van der Waals surface area (Å²) < 4.78 is 0. The Kier molecular flexibility index (Phi) is 4.91.